The molecule has 0 saturated heterocycles. The monoisotopic (exact) mass is 325 g/mol. The molecule has 0 radical (unpaired) electrons. The van der Waals surface area contributed by atoms with Crippen LogP contribution in [0.4, 0.5) is 17.2 Å². The fourth-order valence-electron chi connectivity index (χ4n) is 2.68. The number of hydrogen-bond donors (Lipinski definition) is 2. The Morgan fingerprint density at radius 1 is 1.25 bits per heavy atom. The maximum absolute atomic E-state index is 6.09. The molecule has 0 spiro atoms. The van der Waals surface area contributed by atoms with E-state index in [1.807, 2.05) is 47.4 Å². The molecule has 3 rings (SSSR count). The molecule has 2 aromatic rings. The first-order valence-corrected chi connectivity index (χ1v) is 8.13. The number of methoxy groups -OCH3 is 1. The van der Waals surface area contributed by atoms with Crippen molar-refractivity contribution in [1.29, 1.82) is 0 Å². The Balaban J connectivity index is 1.78. The molecule has 1 aliphatic rings. The van der Waals surface area contributed by atoms with Crippen molar-refractivity contribution in [3.05, 3.63) is 48.2 Å². The van der Waals surface area contributed by atoms with Crippen LogP contribution in [0.25, 0.3) is 0 Å². The van der Waals surface area contributed by atoms with E-state index in [2.05, 4.69) is 17.2 Å². The lowest BCUT2D eigenvalue weighted by Gasteiger charge is -2.30. The summed E-state index contributed by atoms with van der Waals surface area (Å²) < 4.78 is 5.46. The standard InChI is InChI=1S/C18H23N5O/c1-3-14(24-2)11-23-12-16-15(22-18(23)19)9-10-17(21-16)20-13-7-5-4-6-8-13/h4-10,14H,3,11-12H2,1-2H3,(H2,19,22)(H,20,21). The summed E-state index contributed by atoms with van der Waals surface area (Å²) in [5, 5.41) is 3.31. The van der Waals surface area contributed by atoms with Crippen LogP contribution in [0.1, 0.15) is 19.0 Å². The van der Waals surface area contributed by atoms with Crippen LogP contribution in [0.3, 0.4) is 0 Å². The van der Waals surface area contributed by atoms with Gasteiger partial charge in [0.05, 0.1) is 24.0 Å². The van der Waals surface area contributed by atoms with Crippen molar-refractivity contribution in [3.63, 3.8) is 0 Å². The van der Waals surface area contributed by atoms with Gasteiger partial charge in [0, 0.05) is 19.3 Å². The highest BCUT2D eigenvalue weighted by molar-refractivity contribution is 5.83. The molecule has 2 heterocycles. The van der Waals surface area contributed by atoms with Crippen molar-refractivity contribution in [2.45, 2.75) is 26.0 Å². The molecule has 1 atom stereocenters. The van der Waals surface area contributed by atoms with Gasteiger partial charge >= 0.3 is 0 Å². The lowest BCUT2D eigenvalue weighted by Crippen LogP contribution is -2.43. The van der Waals surface area contributed by atoms with Crippen LogP contribution < -0.4 is 11.1 Å². The van der Waals surface area contributed by atoms with E-state index in [9.17, 15) is 0 Å². The van der Waals surface area contributed by atoms with Crippen molar-refractivity contribution >= 4 is 23.2 Å². The number of fused-ring (bicyclic) bond motifs is 1. The first-order chi connectivity index (χ1) is 11.7. The molecule has 0 saturated carbocycles. The van der Waals surface area contributed by atoms with Gasteiger partial charge in [-0.05, 0) is 30.7 Å². The number of guanidine groups is 1. The van der Waals surface area contributed by atoms with Gasteiger partial charge in [0.1, 0.15) is 5.82 Å². The second-order valence-corrected chi connectivity index (χ2v) is 5.77. The molecule has 1 aliphatic heterocycles. The molecule has 0 amide bonds. The Labute approximate surface area is 142 Å². The maximum Gasteiger partial charge on any atom is 0.197 e. The van der Waals surface area contributed by atoms with E-state index in [0.29, 0.717) is 19.0 Å². The number of ether oxygens (including phenoxy) is 1. The average molecular weight is 325 g/mol. The molecule has 0 bridgehead atoms. The molecule has 6 nitrogen and oxygen atoms in total. The SMILES string of the molecule is CCC(CN1Cc2nc(Nc3ccccc3)ccc2N=C1N)OC. The first kappa shape index (κ1) is 16.3. The summed E-state index contributed by atoms with van der Waals surface area (Å²) in [5.41, 5.74) is 8.84. The van der Waals surface area contributed by atoms with E-state index in [-0.39, 0.29) is 6.10 Å². The molecule has 1 aromatic carbocycles. The zero-order valence-corrected chi connectivity index (χ0v) is 14.1. The smallest absolute Gasteiger partial charge is 0.197 e. The summed E-state index contributed by atoms with van der Waals surface area (Å²) in [5.74, 6) is 1.32. The quantitative estimate of drug-likeness (QED) is 0.854. The average Bonchev–Trinajstić information content (AvgIpc) is 2.61. The maximum atomic E-state index is 6.09. The van der Waals surface area contributed by atoms with Gasteiger partial charge < -0.3 is 20.7 Å². The van der Waals surface area contributed by atoms with Crippen molar-refractivity contribution in [1.82, 2.24) is 9.88 Å². The second kappa shape index (κ2) is 7.31. The Morgan fingerprint density at radius 3 is 2.75 bits per heavy atom. The lowest BCUT2D eigenvalue weighted by atomic mass is 10.2. The molecule has 1 unspecified atom stereocenters. The van der Waals surface area contributed by atoms with Gasteiger partial charge in [-0.1, -0.05) is 25.1 Å². The van der Waals surface area contributed by atoms with Crippen molar-refractivity contribution < 1.29 is 4.74 Å². The molecule has 6 heteroatoms. The highest BCUT2D eigenvalue weighted by atomic mass is 16.5. The van der Waals surface area contributed by atoms with Gasteiger partial charge in [0.15, 0.2) is 5.96 Å². The lowest BCUT2D eigenvalue weighted by molar-refractivity contribution is 0.0770. The van der Waals surface area contributed by atoms with Gasteiger partial charge in [-0.2, -0.15) is 0 Å². The third-order valence-electron chi connectivity index (χ3n) is 4.11. The molecule has 24 heavy (non-hydrogen) atoms. The number of rotatable bonds is 6. The molecule has 0 fully saturated rings. The predicted octanol–water partition coefficient (Wildman–Crippen LogP) is 3.01. The second-order valence-electron chi connectivity index (χ2n) is 5.77. The van der Waals surface area contributed by atoms with Crippen molar-refractivity contribution in [3.8, 4) is 0 Å². The fourth-order valence-corrected chi connectivity index (χ4v) is 2.68. The van der Waals surface area contributed by atoms with Crippen LogP contribution in [0.5, 0.6) is 0 Å². The van der Waals surface area contributed by atoms with E-state index in [0.717, 1.165) is 29.3 Å². The van der Waals surface area contributed by atoms with Crippen LogP contribution in [-0.2, 0) is 11.3 Å². The Bertz CT molecular complexity index is 713. The number of nitrogens with two attached hydrogens (primary N) is 1. The minimum Gasteiger partial charge on any atom is -0.380 e. The van der Waals surface area contributed by atoms with Gasteiger partial charge in [-0.3, -0.25) is 0 Å². The molecule has 0 aliphatic carbocycles. The predicted molar refractivity (Wildman–Crippen MR) is 96.7 cm³/mol. The zero-order valence-electron chi connectivity index (χ0n) is 14.1. The number of aromatic nitrogens is 1. The minimum atomic E-state index is 0.130. The van der Waals surface area contributed by atoms with Crippen LogP contribution in [0, 0.1) is 0 Å². The van der Waals surface area contributed by atoms with Gasteiger partial charge in [-0.25, -0.2) is 9.98 Å². The third-order valence-corrected chi connectivity index (χ3v) is 4.11. The van der Waals surface area contributed by atoms with Gasteiger partial charge in [-0.15, -0.1) is 0 Å². The fraction of sp³-hybridized carbons (Fsp3) is 0.333. The summed E-state index contributed by atoms with van der Waals surface area (Å²) in [6.07, 6.45) is 1.06. The number of aliphatic imine (C=N–C) groups is 1. The summed E-state index contributed by atoms with van der Waals surface area (Å²) >= 11 is 0. The molecular formula is C18H23N5O. The molecular weight excluding hydrogens is 302 g/mol. The van der Waals surface area contributed by atoms with Crippen molar-refractivity contribution in [2.75, 3.05) is 19.0 Å². The Hall–Kier alpha value is -2.60. The summed E-state index contributed by atoms with van der Waals surface area (Å²) in [7, 11) is 1.72. The largest absolute Gasteiger partial charge is 0.380 e. The number of anilines is 2. The van der Waals surface area contributed by atoms with Crippen LogP contribution in [0.15, 0.2) is 47.5 Å². The van der Waals surface area contributed by atoms with E-state index in [4.69, 9.17) is 15.5 Å². The number of hydrogen-bond acceptors (Lipinski definition) is 6. The van der Waals surface area contributed by atoms with E-state index in [1.165, 1.54) is 0 Å². The van der Waals surface area contributed by atoms with E-state index >= 15 is 0 Å². The minimum absolute atomic E-state index is 0.130. The van der Waals surface area contributed by atoms with Gasteiger partial charge in [0.2, 0.25) is 0 Å². The normalized spacial score (nSPS) is 14.8. The zero-order chi connectivity index (χ0) is 16.9. The van der Waals surface area contributed by atoms with Crippen LogP contribution in [-0.4, -0.2) is 35.6 Å². The summed E-state index contributed by atoms with van der Waals surface area (Å²) in [6, 6.07) is 13.8. The molecule has 1 aromatic heterocycles. The highest BCUT2D eigenvalue weighted by Gasteiger charge is 2.21. The molecule has 3 N–H and O–H groups in total. The van der Waals surface area contributed by atoms with Crippen LogP contribution >= 0.6 is 0 Å². The summed E-state index contributed by atoms with van der Waals surface area (Å²) in [4.78, 5) is 11.2. The number of pyridine rings is 1. The van der Waals surface area contributed by atoms with Gasteiger partial charge in [0.25, 0.3) is 0 Å². The summed E-state index contributed by atoms with van der Waals surface area (Å²) in [6.45, 7) is 3.44. The van der Waals surface area contributed by atoms with E-state index < -0.39 is 0 Å². The number of para-hydroxylation sites is 1. The van der Waals surface area contributed by atoms with Crippen molar-refractivity contribution in [2.24, 2.45) is 10.7 Å². The first-order valence-electron chi connectivity index (χ1n) is 8.13. The van der Waals surface area contributed by atoms with Crippen LogP contribution in [0.2, 0.25) is 0 Å². The number of nitrogens with one attached hydrogen (secondary N) is 1. The Morgan fingerprint density at radius 2 is 2.04 bits per heavy atom. The highest BCUT2D eigenvalue weighted by Crippen LogP contribution is 2.26. The molecule has 126 valence electrons. The Kier molecular flexibility index (Phi) is 4.96. The topological polar surface area (TPSA) is 75.8 Å². The number of benzene rings is 1. The van der Waals surface area contributed by atoms with E-state index in [1.54, 1.807) is 7.11 Å². The third kappa shape index (κ3) is 3.65. The number of nitrogens with zero attached hydrogens (tertiary/aromatic N) is 3.